The highest BCUT2D eigenvalue weighted by molar-refractivity contribution is 8.14. The summed E-state index contributed by atoms with van der Waals surface area (Å²) < 4.78 is 5.44. The molecule has 0 saturated heterocycles. The van der Waals surface area contributed by atoms with E-state index < -0.39 is 0 Å². The van der Waals surface area contributed by atoms with Crippen molar-refractivity contribution >= 4 is 16.9 Å². The van der Waals surface area contributed by atoms with E-state index in [2.05, 4.69) is 24.2 Å². The zero-order valence-electron chi connectivity index (χ0n) is 9.25. The second kappa shape index (κ2) is 6.30. The van der Waals surface area contributed by atoms with Gasteiger partial charge in [0.05, 0.1) is 19.2 Å². The molecule has 0 saturated carbocycles. The lowest BCUT2D eigenvalue weighted by atomic mass is 10.1. The Morgan fingerprint density at radius 2 is 2.36 bits per heavy atom. The number of nitrogens with zero attached hydrogens (tertiary/aromatic N) is 1. The second-order valence-corrected chi connectivity index (χ2v) is 4.77. The van der Waals surface area contributed by atoms with Crippen LogP contribution in [0.15, 0.2) is 4.99 Å². The van der Waals surface area contributed by atoms with Gasteiger partial charge in [-0.1, -0.05) is 25.6 Å². The third-order valence-corrected chi connectivity index (χ3v) is 3.11. The minimum atomic E-state index is 0.388. The van der Waals surface area contributed by atoms with Crippen molar-refractivity contribution in [2.75, 3.05) is 25.5 Å². The molecule has 82 valence electrons. The Hall–Kier alpha value is -0.220. The summed E-state index contributed by atoms with van der Waals surface area (Å²) in [6, 6.07) is 0.388. The van der Waals surface area contributed by atoms with E-state index in [0.29, 0.717) is 12.0 Å². The summed E-state index contributed by atoms with van der Waals surface area (Å²) in [5.41, 5.74) is 0. The third-order valence-electron chi connectivity index (χ3n) is 2.20. The van der Waals surface area contributed by atoms with Gasteiger partial charge < -0.3 is 10.1 Å². The maximum atomic E-state index is 5.44. The zero-order chi connectivity index (χ0) is 10.4. The van der Waals surface area contributed by atoms with Gasteiger partial charge in [-0.25, -0.2) is 0 Å². The topological polar surface area (TPSA) is 33.6 Å². The number of hydrogen-bond acceptors (Lipinski definition) is 4. The average molecular weight is 216 g/mol. The van der Waals surface area contributed by atoms with E-state index in [9.17, 15) is 0 Å². The van der Waals surface area contributed by atoms with Crippen LogP contribution >= 0.6 is 11.8 Å². The Bertz CT molecular complexity index is 195. The fraction of sp³-hybridized carbons (Fsp3) is 0.900. The van der Waals surface area contributed by atoms with Crippen molar-refractivity contribution in [3.05, 3.63) is 0 Å². The first-order chi connectivity index (χ1) is 6.74. The lowest BCUT2D eigenvalue weighted by molar-refractivity contribution is 0.115. The van der Waals surface area contributed by atoms with Crippen LogP contribution in [0.4, 0.5) is 0 Å². The van der Waals surface area contributed by atoms with Crippen LogP contribution in [0, 0.1) is 5.92 Å². The number of amidine groups is 1. The van der Waals surface area contributed by atoms with Gasteiger partial charge in [0, 0.05) is 12.4 Å². The minimum Gasteiger partial charge on any atom is -0.380 e. The number of thioether (sulfide) groups is 1. The number of aliphatic imine (C=N–C) groups is 1. The number of hydrogen-bond donors (Lipinski definition) is 1. The maximum absolute atomic E-state index is 5.44. The van der Waals surface area contributed by atoms with Crippen LogP contribution in [0.2, 0.25) is 0 Å². The molecule has 14 heavy (non-hydrogen) atoms. The van der Waals surface area contributed by atoms with Crippen LogP contribution in [0.25, 0.3) is 0 Å². The van der Waals surface area contributed by atoms with Gasteiger partial charge in [-0.2, -0.15) is 0 Å². The average Bonchev–Trinajstić information content (AvgIpc) is 2.64. The summed E-state index contributed by atoms with van der Waals surface area (Å²) in [6.07, 6.45) is 0. The molecule has 1 N–H and O–H groups in total. The van der Waals surface area contributed by atoms with Gasteiger partial charge >= 0.3 is 0 Å². The highest BCUT2D eigenvalue weighted by atomic mass is 32.2. The fourth-order valence-corrected chi connectivity index (χ4v) is 2.02. The number of nitrogens with one attached hydrogen (secondary N) is 1. The molecule has 3 nitrogen and oxygen atoms in total. The first kappa shape index (κ1) is 11.9. The molecule has 1 unspecified atom stereocenters. The Morgan fingerprint density at radius 3 is 2.86 bits per heavy atom. The van der Waals surface area contributed by atoms with Crippen molar-refractivity contribution in [1.82, 2.24) is 5.32 Å². The molecule has 1 aliphatic rings. The number of rotatable bonds is 5. The minimum absolute atomic E-state index is 0.388. The van der Waals surface area contributed by atoms with Crippen molar-refractivity contribution < 1.29 is 4.74 Å². The van der Waals surface area contributed by atoms with Gasteiger partial charge in [-0.15, -0.1) is 0 Å². The highest BCUT2D eigenvalue weighted by Crippen LogP contribution is 2.12. The molecule has 1 aliphatic heterocycles. The third kappa shape index (κ3) is 3.88. The second-order valence-electron chi connectivity index (χ2n) is 3.69. The molecule has 1 rings (SSSR count). The number of ether oxygens (including phenoxy) is 1. The van der Waals surface area contributed by atoms with Crippen molar-refractivity contribution in [1.29, 1.82) is 0 Å². The standard InChI is InChI=1S/C10H20N2OS/c1-4-13-7-9(8(2)3)12-10-11-5-6-14-10/h8-9H,4-7H2,1-3H3,(H,11,12). The lowest BCUT2D eigenvalue weighted by Gasteiger charge is -2.22. The van der Waals surface area contributed by atoms with E-state index in [1.54, 1.807) is 11.8 Å². The fourth-order valence-electron chi connectivity index (χ4n) is 1.23. The summed E-state index contributed by atoms with van der Waals surface area (Å²) in [4.78, 5) is 4.38. The summed E-state index contributed by atoms with van der Waals surface area (Å²) in [7, 11) is 0. The summed E-state index contributed by atoms with van der Waals surface area (Å²) in [5, 5.41) is 4.52. The largest absolute Gasteiger partial charge is 0.380 e. The van der Waals surface area contributed by atoms with E-state index >= 15 is 0 Å². The van der Waals surface area contributed by atoms with Gasteiger partial charge in [0.2, 0.25) is 0 Å². The molecule has 0 amide bonds. The molecule has 0 bridgehead atoms. The molecule has 0 radical (unpaired) electrons. The van der Waals surface area contributed by atoms with Gasteiger partial charge in [0.1, 0.15) is 0 Å². The van der Waals surface area contributed by atoms with E-state index in [4.69, 9.17) is 4.74 Å². The normalized spacial score (nSPS) is 18.4. The molecular weight excluding hydrogens is 196 g/mol. The Morgan fingerprint density at radius 1 is 1.57 bits per heavy atom. The van der Waals surface area contributed by atoms with E-state index in [-0.39, 0.29) is 0 Å². The van der Waals surface area contributed by atoms with Crippen LogP contribution < -0.4 is 5.32 Å². The predicted octanol–water partition coefficient (Wildman–Crippen LogP) is 1.74. The van der Waals surface area contributed by atoms with Crippen molar-refractivity contribution in [2.45, 2.75) is 26.8 Å². The Labute approximate surface area is 90.7 Å². The molecule has 4 heteroatoms. The van der Waals surface area contributed by atoms with Crippen LogP contribution in [-0.4, -0.2) is 36.7 Å². The first-order valence-electron chi connectivity index (χ1n) is 5.25. The molecule has 0 fully saturated rings. The molecule has 0 spiro atoms. The van der Waals surface area contributed by atoms with Crippen LogP contribution in [0.5, 0.6) is 0 Å². The SMILES string of the molecule is CCOCC(NC1=NCCS1)C(C)C. The van der Waals surface area contributed by atoms with Crippen molar-refractivity contribution in [3.63, 3.8) is 0 Å². The lowest BCUT2D eigenvalue weighted by Crippen LogP contribution is -2.40. The zero-order valence-corrected chi connectivity index (χ0v) is 10.1. The van der Waals surface area contributed by atoms with Crippen LogP contribution in [0.3, 0.4) is 0 Å². The molecule has 0 aromatic carbocycles. The van der Waals surface area contributed by atoms with Crippen molar-refractivity contribution in [2.24, 2.45) is 10.9 Å². The van der Waals surface area contributed by atoms with Gasteiger partial charge in [0.15, 0.2) is 5.17 Å². The van der Waals surface area contributed by atoms with Gasteiger partial charge in [-0.3, -0.25) is 4.99 Å². The quantitative estimate of drug-likeness (QED) is 0.760. The van der Waals surface area contributed by atoms with E-state index in [1.165, 1.54) is 0 Å². The Kier molecular flexibility index (Phi) is 5.33. The van der Waals surface area contributed by atoms with Gasteiger partial charge in [-0.05, 0) is 12.8 Å². The van der Waals surface area contributed by atoms with E-state index in [0.717, 1.165) is 30.7 Å². The smallest absolute Gasteiger partial charge is 0.156 e. The maximum Gasteiger partial charge on any atom is 0.156 e. The van der Waals surface area contributed by atoms with Crippen molar-refractivity contribution in [3.8, 4) is 0 Å². The van der Waals surface area contributed by atoms with Crippen LogP contribution in [-0.2, 0) is 4.74 Å². The summed E-state index contributed by atoms with van der Waals surface area (Å²) in [5.74, 6) is 1.69. The predicted molar refractivity (Wildman–Crippen MR) is 63.0 cm³/mol. The molecule has 0 aliphatic carbocycles. The highest BCUT2D eigenvalue weighted by Gasteiger charge is 2.16. The molecule has 1 heterocycles. The molecule has 0 aromatic heterocycles. The summed E-state index contributed by atoms with van der Waals surface area (Å²) in [6.45, 7) is 8.94. The first-order valence-corrected chi connectivity index (χ1v) is 6.24. The Balaban J connectivity index is 2.34. The monoisotopic (exact) mass is 216 g/mol. The van der Waals surface area contributed by atoms with Crippen LogP contribution in [0.1, 0.15) is 20.8 Å². The molecule has 1 atom stereocenters. The van der Waals surface area contributed by atoms with E-state index in [1.807, 2.05) is 6.92 Å². The summed E-state index contributed by atoms with van der Waals surface area (Å²) >= 11 is 1.80. The van der Waals surface area contributed by atoms with Gasteiger partial charge in [0.25, 0.3) is 0 Å². The molecular formula is C10H20N2OS. The molecule has 0 aromatic rings.